The average molecular weight is 416 g/mol. The zero-order chi connectivity index (χ0) is 21.4. The lowest BCUT2D eigenvalue weighted by molar-refractivity contribution is -0.424. The van der Waals surface area contributed by atoms with Gasteiger partial charge in [0.2, 0.25) is 0 Å². The molecule has 2 atom stereocenters. The van der Waals surface area contributed by atoms with Crippen LogP contribution in [-0.4, -0.2) is 70.7 Å². The van der Waals surface area contributed by atoms with E-state index in [2.05, 4.69) is 0 Å². The van der Waals surface area contributed by atoms with Crippen molar-refractivity contribution < 1.29 is 18.9 Å². The van der Waals surface area contributed by atoms with Gasteiger partial charge in [-0.1, -0.05) is 12.8 Å². The molecule has 0 bridgehead atoms. The number of carbonyl (C=O) groups excluding carboxylic acids is 2. The maximum atomic E-state index is 13.1. The molecule has 4 rings (SSSR count). The standard InChI is InChI=1S/C21H25FN4O4/c1-23-17-5-3-2-4-16(17)18(19(21(23)28)26(29)30)24-10-12-25(13-11-24)20(27)14-6-8-15(22)9-7-14/h6-9,16-17H,2-5,10-13H2,1H3. The summed E-state index contributed by atoms with van der Waals surface area (Å²) in [6.45, 7) is 1.65. The Kier molecular flexibility index (Phi) is 5.44. The summed E-state index contributed by atoms with van der Waals surface area (Å²) in [7, 11) is 1.66. The van der Waals surface area contributed by atoms with E-state index in [4.69, 9.17) is 0 Å². The van der Waals surface area contributed by atoms with Crippen LogP contribution >= 0.6 is 0 Å². The Hall–Kier alpha value is -2.97. The van der Waals surface area contributed by atoms with E-state index < -0.39 is 16.6 Å². The van der Waals surface area contributed by atoms with Crippen molar-refractivity contribution in [3.05, 3.63) is 57.2 Å². The molecule has 2 unspecified atom stereocenters. The molecular formula is C21H25FN4O4. The summed E-state index contributed by atoms with van der Waals surface area (Å²) in [5.74, 6) is -1.15. The first-order valence-corrected chi connectivity index (χ1v) is 10.3. The first-order valence-electron chi connectivity index (χ1n) is 10.3. The third-order valence-corrected chi connectivity index (χ3v) is 6.53. The van der Waals surface area contributed by atoms with Gasteiger partial charge in [-0.2, -0.15) is 0 Å². The first kappa shape index (κ1) is 20.3. The number of hydrogen-bond acceptors (Lipinski definition) is 5. The SMILES string of the molecule is CN1C(=O)C([N+](=O)[O-])=C(N2CCN(C(=O)c3ccc(F)cc3)CC2)C2CCCCC21. The largest absolute Gasteiger partial charge is 0.365 e. The summed E-state index contributed by atoms with van der Waals surface area (Å²) in [5, 5.41) is 11.8. The third-order valence-electron chi connectivity index (χ3n) is 6.53. The number of nitro groups is 1. The van der Waals surface area contributed by atoms with Crippen LogP contribution in [0.5, 0.6) is 0 Å². The monoisotopic (exact) mass is 416 g/mol. The Morgan fingerprint density at radius 3 is 2.37 bits per heavy atom. The number of likely N-dealkylation sites (N-methyl/N-ethyl adjacent to an activating group) is 1. The van der Waals surface area contributed by atoms with Crippen LogP contribution in [0, 0.1) is 21.8 Å². The molecule has 8 nitrogen and oxygen atoms in total. The zero-order valence-electron chi connectivity index (χ0n) is 16.9. The average Bonchev–Trinajstić information content (AvgIpc) is 2.76. The third kappa shape index (κ3) is 3.53. The summed E-state index contributed by atoms with van der Waals surface area (Å²) in [6.07, 6.45) is 3.68. The molecule has 1 saturated carbocycles. The van der Waals surface area contributed by atoms with Crippen LogP contribution < -0.4 is 0 Å². The van der Waals surface area contributed by atoms with Crippen LogP contribution in [0.1, 0.15) is 36.0 Å². The predicted molar refractivity (Wildman–Crippen MR) is 106 cm³/mol. The van der Waals surface area contributed by atoms with Gasteiger partial charge < -0.3 is 14.7 Å². The Morgan fingerprint density at radius 2 is 1.73 bits per heavy atom. The molecule has 0 aromatic heterocycles. The van der Waals surface area contributed by atoms with E-state index in [0.29, 0.717) is 37.4 Å². The highest BCUT2D eigenvalue weighted by molar-refractivity contribution is 5.94. The van der Waals surface area contributed by atoms with Crippen LogP contribution in [0.15, 0.2) is 35.7 Å². The molecular weight excluding hydrogens is 391 g/mol. The molecule has 30 heavy (non-hydrogen) atoms. The van der Waals surface area contributed by atoms with Gasteiger partial charge in [0, 0.05) is 50.7 Å². The Morgan fingerprint density at radius 1 is 1.10 bits per heavy atom. The number of rotatable bonds is 3. The fraction of sp³-hybridized carbons (Fsp3) is 0.524. The lowest BCUT2D eigenvalue weighted by Gasteiger charge is -2.46. The van der Waals surface area contributed by atoms with Gasteiger partial charge in [0.05, 0.1) is 4.92 Å². The number of carbonyl (C=O) groups is 2. The summed E-state index contributed by atoms with van der Waals surface area (Å²) in [6, 6.07) is 5.42. The van der Waals surface area contributed by atoms with Crippen molar-refractivity contribution in [1.29, 1.82) is 0 Å². The van der Waals surface area contributed by atoms with Crippen molar-refractivity contribution in [3.63, 3.8) is 0 Å². The number of fused-ring (bicyclic) bond motifs is 1. The van der Waals surface area contributed by atoms with Gasteiger partial charge in [-0.05, 0) is 37.1 Å². The van der Waals surface area contributed by atoms with Crippen LogP contribution in [0.3, 0.4) is 0 Å². The molecule has 2 aliphatic heterocycles. The second-order valence-electron chi connectivity index (χ2n) is 8.15. The Labute approximate surface area is 174 Å². The van der Waals surface area contributed by atoms with E-state index in [1.807, 2.05) is 4.90 Å². The van der Waals surface area contributed by atoms with E-state index in [1.54, 1.807) is 16.8 Å². The van der Waals surface area contributed by atoms with Crippen LogP contribution in [0.4, 0.5) is 4.39 Å². The molecule has 0 spiro atoms. The number of benzene rings is 1. The highest BCUT2D eigenvalue weighted by atomic mass is 19.1. The number of amides is 2. The topological polar surface area (TPSA) is 87.0 Å². The minimum absolute atomic E-state index is 0.0103. The summed E-state index contributed by atoms with van der Waals surface area (Å²) in [5.41, 5.74) is 0.637. The number of nitrogens with zero attached hydrogens (tertiary/aromatic N) is 4. The highest BCUT2D eigenvalue weighted by Crippen LogP contribution is 2.40. The number of hydrogen-bond donors (Lipinski definition) is 0. The van der Waals surface area contributed by atoms with Crippen molar-refractivity contribution in [1.82, 2.24) is 14.7 Å². The van der Waals surface area contributed by atoms with E-state index in [-0.39, 0.29) is 23.6 Å². The van der Waals surface area contributed by atoms with Crippen molar-refractivity contribution in [2.45, 2.75) is 31.7 Å². The summed E-state index contributed by atoms with van der Waals surface area (Å²) < 4.78 is 13.1. The minimum Gasteiger partial charge on any atom is -0.365 e. The maximum absolute atomic E-state index is 13.1. The van der Waals surface area contributed by atoms with Gasteiger partial charge in [0.25, 0.3) is 5.91 Å². The van der Waals surface area contributed by atoms with Crippen LogP contribution in [0.25, 0.3) is 0 Å². The second-order valence-corrected chi connectivity index (χ2v) is 8.15. The summed E-state index contributed by atoms with van der Waals surface area (Å²) in [4.78, 5) is 41.9. The van der Waals surface area contributed by atoms with Gasteiger partial charge in [0.15, 0.2) is 0 Å². The van der Waals surface area contributed by atoms with Crippen molar-refractivity contribution in [2.24, 2.45) is 5.92 Å². The van der Waals surface area contributed by atoms with Gasteiger partial charge in [-0.25, -0.2) is 4.39 Å². The minimum atomic E-state index is -0.547. The normalized spacial score (nSPS) is 24.7. The number of halogens is 1. The molecule has 0 N–H and O–H groups in total. The Balaban J connectivity index is 1.56. The molecule has 160 valence electrons. The number of piperazine rings is 1. The predicted octanol–water partition coefficient (Wildman–Crippen LogP) is 2.10. The van der Waals surface area contributed by atoms with E-state index >= 15 is 0 Å². The summed E-state index contributed by atoms with van der Waals surface area (Å²) >= 11 is 0. The zero-order valence-corrected chi connectivity index (χ0v) is 16.9. The molecule has 1 aliphatic carbocycles. The van der Waals surface area contributed by atoms with Crippen LogP contribution in [-0.2, 0) is 4.79 Å². The first-order chi connectivity index (χ1) is 14.4. The maximum Gasteiger partial charge on any atom is 0.352 e. The van der Waals surface area contributed by atoms with Gasteiger partial charge in [-0.3, -0.25) is 19.7 Å². The fourth-order valence-electron chi connectivity index (χ4n) is 4.98. The molecule has 3 aliphatic rings. The van der Waals surface area contributed by atoms with Gasteiger partial charge in [0.1, 0.15) is 11.5 Å². The molecule has 2 amide bonds. The van der Waals surface area contributed by atoms with Crippen molar-refractivity contribution >= 4 is 11.8 Å². The fourth-order valence-corrected chi connectivity index (χ4v) is 4.98. The van der Waals surface area contributed by atoms with Crippen molar-refractivity contribution in [2.75, 3.05) is 33.2 Å². The molecule has 2 fully saturated rings. The van der Waals surface area contributed by atoms with Gasteiger partial charge in [-0.15, -0.1) is 0 Å². The van der Waals surface area contributed by atoms with Gasteiger partial charge >= 0.3 is 11.6 Å². The van der Waals surface area contributed by atoms with E-state index in [9.17, 15) is 24.1 Å². The molecule has 0 radical (unpaired) electrons. The lowest BCUT2D eigenvalue weighted by Crippen LogP contribution is -2.56. The molecule has 9 heteroatoms. The van der Waals surface area contributed by atoms with E-state index in [1.165, 1.54) is 24.3 Å². The second kappa shape index (κ2) is 8.04. The van der Waals surface area contributed by atoms with Crippen molar-refractivity contribution in [3.8, 4) is 0 Å². The molecule has 2 heterocycles. The molecule has 1 saturated heterocycles. The van der Waals surface area contributed by atoms with Crippen LogP contribution in [0.2, 0.25) is 0 Å². The van der Waals surface area contributed by atoms with E-state index in [0.717, 1.165) is 25.7 Å². The molecule has 1 aromatic carbocycles. The quantitative estimate of drug-likeness (QED) is 0.556. The highest BCUT2D eigenvalue weighted by Gasteiger charge is 2.48. The lowest BCUT2D eigenvalue weighted by atomic mass is 9.78. The smallest absolute Gasteiger partial charge is 0.352 e. The Bertz CT molecular complexity index is 893. The molecule has 1 aromatic rings.